The Labute approximate surface area is 132 Å². The largest absolute Gasteiger partial charge is 0.361 e. The van der Waals surface area contributed by atoms with Crippen LogP contribution in [0, 0.1) is 11.3 Å². The molecular weight excluding hydrogens is 292 g/mol. The second-order valence-electron chi connectivity index (χ2n) is 5.38. The van der Waals surface area contributed by atoms with Crippen LogP contribution < -0.4 is 4.90 Å². The number of hydrogen-bond acceptors (Lipinski definition) is 5. The van der Waals surface area contributed by atoms with Gasteiger partial charge < -0.3 is 4.90 Å². The van der Waals surface area contributed by atoms with Crippen molar-refractivity contribution >= 4 is 27.2 Å². The second-order valence-corrected chi connectivity index (χ2v) is 6.45. The molecule has 0 saturated carbocycles. The van der Waals surface area contributed by atoms with E-state index in [9.17, 15) is 0 Å². The maximum Gasteiger partial charge on any atom is 0.140 e. The Bertz CT molecular complexity index is 814. The lowest BCUT2D eigenvalue weighted by Crippen LogP contribution is -2.22. The third-order valence-corrected chi connectivity index (χ3v) is 5.18. The van der Waals surface area contributed by atoms with Crippen LogP contribution in [-0.4, -0.2) is 16.5 Å². The number of nitriles is 1. The second kappa shape index (κ2) is 5.39. The van der Waals surface area contributed by atoms with Crippen LogP contribution in [0.1, 0.15) is 29.6 Å². The molecule has 1 aliphatic heterocycles. The minimum absolute atomic E-state index is 0.312. The number of benzene rings is 1. The molecule has 1 fully saturated rings. The van der Waals surface area contributed by atoms with Gasteiger partial charge in [-0.1, -0.05) is 12.1 Å². The summed E-state index contributed by atoms with van der Waals surface area (Å²) in [4.78, 5) is 11.4. The van der Waals surface area contributed by atoms with Crippen LogP contribution in [0.3, 0.4) is 0 Å². The first kappa shape index (κ1) is 13.2. The number of fused-ring (bicyclic) bond motifs is 1. The third-order valence-electron chi connectivity index (χ3n) is 4.04. The Morgan fingerprint density at radius 3 is 2.91 bits per heavy atom. The molecule has 1 atom stereocenters. The molecule has 1 aromatic carbocycles. The van der Waals surface area contributed by atoms with E-state index in [2.05, 4.69) is 34.2 Å². The predicted octanol–water partition coefficient (Wildman–Crippen LogP) is 3.90. The van der Waals surface area contributed by atoms with Crippen molar-refractivity contribution in [3.63, 3.8) is 0 Å². The first-order valence-corrected chi connectivity index (χ1v) is 8.15. The van der Waals surface area contributed by atoms with E-state index in [1.165, 1.54) is 9.71 Å². The zero-order valence-corrected chi connectivity index (χ0v) is 12.8. The first-order valence-electron chi connectivity index (χ1n) is 7.33. The number of para-hydroxylation sites is 1. The van der Waals surface area contributed by atoms with E-state index in [4.69, 9.17) is 10.2 Å². The average Bonchev–Trinajstić information content (AvgIpc) is 3.21. The summed E-state index contributed by atoms with van der Waals surface area (Å²) in [5.74, 6) is 0. The average molecular weight is 306 g/mol. The van der Waals surface area contributed by atoms with E-state index < -0.39 is 0 Å². The molecule has 0 aliphatic carbocycles. The molecule has 0 spiro atoms. The van der Waals surface area contributed by atoms with Crippen LogP contribution in [0.2, 0.25) is 0 Å². The van der Waals surface area contributed by atoms with Gasteiger partial charge in [0.1, 0.15) is 16.8 Å². The van der Waals surface area contributed by atoms with Crippen LogP contribution >= 0.6 is 11.3 Å². The van der Waals surface area contributed by atoms with Gasteiger partial charge in [0.15, 0.2) is 0 Å². The van der Waals surface area contributed by atoms with Crippen LogP contribution in [0.25, 0.3) is 10.2 Å². The number of pyridine rings is 1. The molecule has 1 unspecified atom stereocenters. The number of anilines is 1. The van der Waals surface area contributed by atoms with Crippen molar-refractivity contribution in [3.05, 3.63) is 53.3 Å². The molecule has 0 bridgehead atoms. The monoisotopic (exact) mass is 306 g/mol. The van der Waals surface area contributed by atoms with Crippen LogP contribution in [0.5, 0.6) is 0 Å². The van der Waals surface area contributed by atoms with Crippen molar-refractivity contribution in [2.45, 2.75) is 18.9 Å². The molecule has 4 nitrogen and oxygen atoms in total. The van der Waals surface area contributed by atoms with E-state index in [1.54, 1.807) is 23.6 Å². The highest BCUT2D eigenvalue weighted by atomic mass is 32.1. The summed E-state index contributed by atoms with van der Waals surface area (Å²) in [5, 5.41) is 10.0. The van der Waals surface area contributed by atoms with Gasteiger partial charge in [0, 0.05) is 6.54 Å². The van der Waals surface area contributed by atoms with Gasteiger partial charge in [0.2, 0.25) is 0 Å². The van der Waals surface area contributed by atoms with Gasteiger partial charge >= 0.3 is 0 Å². The van der Waals surface area contributed by atoms with Crippen molar-refractivity contribution in [3.8, 4) is 6.07 Å². The SMILES string of the molecule is N#Cc1ccc(N2CCCC2c2nc3ccccc3s2)cn1. The van der Waals surface area contributed by atoms with Crippen molar-refractivity contribution in [1.82, 2.24) is 9.97 Å². The molecule has 1 saturated heterocycles. The maximum atomic E-state index is 8.87. The summed E-state index contributed by atoms with van der Waals surface area (Å²) in [6.45, 7) is 1.01. The molecule has 1 aliphatic rings. The van der Waals surface area contributed by atoms with Crippen molar-refractivity contribution in [2.24, 2.45) is 0 Å². The van der Waals surface area contributed by atoms with Crippen LogP contribution in [0.15, 0.2) is 42.6 Å². The molecular formula is C17H14N4S. The quantitative estimate of drug-likeness (QED) is 0.720. The highest BCUT2D eigenvalue weighted by molar-refractivity contribution is 7.18. The molecule has 3 heterocycles. The Hall–Kier alpha value is -2.45. The van der Waals surface area contributed by atoms with Gasteiger partial charge in [0.25, 0.3) is 0 Å². The normalized spacial score (nSPS) is 17.8. The standard InChI is InChI=1S/C17H14N4S/c18-10-12-7-8-13(11-19-12)21-9-3-5-15(21)17-20-14-4-1-2-6-16(14)22-17/h1-2,4,6-8,11,15H,3,5,9H2. The lowest BCUT2D eigenvalue weighted by Gasteiger charge is -2.24. The molecule has 22 heavy (non-hydrogen) atoms. The first-order chi connectivity index (χ1) is 10.8. The van der Waals surface area contributed by atoms with E-state index in [0.717, 1.165) is 30.6 Å². The van der Waals surface area contributed by atoms with Gasteiger partial charge in [0.05, 0.1) is 28.1 Å². The zero-order chi connectivity index (χ0) is 14.9. The van der Waals surface area contributed by atoms with Crippen LogP contribution in [0.4, 0.5) is 5.69 Å². The third kappa shape index (κ3) is 2.22. The Balaban J connectivity index is 1.69. The van der Waals surface area contributed by atoms with Gasteiger partial charge in [-0.15, -0.1) is 11.3 Å². The number of hydrogen-bond donors (Lipinski definition) is 0. The number of rotatable bonds is 2. The summed E-state index contributed by atoms with van der Waals surface area (Å²) in [7, 11) is 0. The Morgan fingerprint density at radius 2 is 2.14 bits per heavy atom. The summed E-state index contributed by atoms with van der Waals surface area (Å²) >= 11 is 1.78. The smallest absolute Gasteiger partial charge is 0.140 e. The Kier molecular flexibility index (Phi) is 3.24. The van der Waals surface area contributed by atoms with Gasteiger partial charge in [-0.2, -0.15) is 5.26 Å². The maximum absolute atomic E-state index is 8.87. The fourth-order valence-electron chi connectivity index (χ4n) is 2.99. The molecule has 0 N–H and O–H groups in total. The highest BCUT2D eigenvalue weighted by Crippen LogP contribution is 2.38. The number of nitrogens with zero attached hydrogens (tertiary/aromatic N) is 4. The Morgan fingerprint density at radius 1 is 1.23 bits per heavy atom. The molecule has 5 heteroatoms. The lowest BCUT2D eigenvalue weighted by atomic mass is 10.2. The highest BCUT2D eigenvalue weighted by Gasteiger charge is 2.29. The van der Waals surface area contributed by atoms with Crippen molar-refractivity contribution in [2.75, 3.05) is 11.4 Å². The molecule has 0 amide bonds. The molecule has 2 aromatic heterocycles. The van der Waals surface area contributed by atoms with Crippen molar-refractivity contribution in [1.29, 1.82) is 5.26 Å². The van der Waals surface area contributed by atoms with Gasteiger partial charge in [-0.05, 0) is 37.1 Å². The van der Waals surface area contributed by atoms with Gasteiger partial charge in [-0.25, -0.2) is 9.97 Å². The van der Waals surface area contributed by atoms with E-state index in [-0.39, 0.29) is 0 Å². The van der Waals surface area contributed by atoms with Gasteiger partial charge in [-0.3, -0.25) is 0 Å². The molecule has 3 aromatic rings. The van der Waals surface area contributed by atoms with E-state index in [0.29, 0.717) is 11.7 Å². The zero-order valence-electron chi connectivity index (χ0n) is 11.9. The summed E-state index contributed by atoms with van der Waals surface area (Å²) in [6.07, 6.45) is 4.06. The summed E-state index contributed by atoms with van der Waals surface area (Å²) < 4.78 is 1.24. The minimum atomic E-state index is 0.312. The van der Waals surface area contributed by atoms with Crippen LogP contribution in [-0.2, 0) is 0 Å². The van der Waals surface area contributed by atoms with Crippen molar-refractivity contribution < 1.29 is 0 Å². The number of thiazole rings is 1. The van der Waals surface area contributed by atoms with E-state index in [1.807, 2.05) is 12.1 Å². The lowest BCUT2D eigenvalue weighted by molar-refractivity contribution is 0.713. The summed E-state index contributed by atoms with van der Waals surface area (Å²) in [5.41, 5.74) is 2.60. The molecule has 108 valence electrons. The fourth-order valence-corrected chi connectivity index (χ4v) is 4.10. The minimum Gasteiger partial charge on any atom is -0.361 e. The number of aromatic nitrogens is 2. The van der Waals surface area contributed by atoms with E-state index >= 15 is 0 Å². The molecule has 0 radical (unpaired) electrons. The molecule has 4 rings (SSSR count). The topological polar surface area (TPSA) is 52.8 Å². The summed E-state index contributed by atoms with van der Waals surface area (Å²) in [6, 6.07) is 14.4. The predicted molar refractivity (Wildman–Crippen MR) is 87.9 cm³/mol. The fraction of sp³-hybridized carbons (Fsp3) is 0.235.